The molecule has 3 aromatic rings. The minimum atomic E-state index is -0.446. The van der Waals surface area contributed by atoms with Crippen molar-refractivity contribution >= 4 is 34.7 Å². The van der Waals surface area contributed by atoms with E-state index >= 15 is 0 Å². The zero-order valence-corrected chi connectivity index (χ0v) is 19.6. The van der Waals surface area contributed by atoms with E-state index in [1.807, 2.05) is 0 Å². The van der Waals surface area contributed by atoms with Crippen molar-refractivity contribution in [3.63, 3.8) is 0 Å². The molecule has 0 radical (unpaired) electrons. The van der Waals surface area contributed by atoms with Gasteiger partial charge in [-0.1, -0.05) is 0 Å². The van der Waals surface area contributed by atoms with Crippen molar-refractivity contribution in [2.45, 2.75) is 50.9 Å². The van der Waals surface area contributed by atoms with E-state index in [4.69, 9.17) is 9.47 Å². The van der Waals surface area contributed by atoms with Crippen LogP contribution in [0.5, 0.6) is 5.75 Å². The summed E-state index contributed by atoms with van der Waals surface area (Å²) in [5.41, 5.74) is 0.519. The molecule has 36 heavy (non-hydrogen) atoms. The summed E-state index contributed by atoms with van der Waals surface area (Å²) in [6.45, 7) is 2.79. The van der Waals surface area contributed by atoms with E-state index in [-0.39, 0.29) is 36.3 Å². The first-order valence-electron chi connectivity index (χ1n) is 12.0. The van der Waals surface area contributed by atoms with Gasteiger partial charge in [0.1, 0.15) is 23.4 Å². The van der Waals surface area contributed by atoms with Gasteiger partial charge in [0, 0.05) is 43.2 Å². The SMILES string of the molecule is Cc1ncc2ccc(=O)n(CCN[C@H]3CC[C@H]4[C@@H](C3)OC(=O)N4c3ccc4c(n3)NC(=O)CO4)c2n1. The molecule has 0 bridgehead atoms. The maximum absolute atomic E-state index is 12.7. The Morgan fingerprint density at radius 1 is 1.14 bits per heavy atom. The zero-order chi connectivity index (χ0) is 24.8. The first-order valence-corrected chi connectivity index (χ1v) is 12.0. The van der Waals surface area contributed by atoms with Crippen molar-refractivity contribution in [2.24, 2.45) is 0 Å². The average molecular weight is 492 g/mol. The van der Waals surface area contributed by atoms with Crippen LogP contribution in [0.25, 0.3) is 11.0 Å². The van der Waals surface area contributed by atoms with Gasteiger partial charge < -0.3 is 20.1 Å². The number of hydrogen-bond donors (Lipinski definition) is 2. The number of carbonyl (C=O) groups is 2. The largest absolute Gasteiger partial charge is 0.480 e. The molecule has 2 aliphatic heterocycles. The van der Waals surface area contributed by atoms with Crippen LogP contribution in [-0.2, 0) is 16.1 Å². The van der Waals surface area contributed by atoms with Gasteiger partial charge in [0.05, 0.1) is 6.04 Å². The van der Waals surface area contributed by atoms with E-state index in [9.17, 15) is 14.4 Å². The molecule has 5 heterocycles. The molecule has 2 N–H and O–H groups in total. The van der Waals surface area contributed by atoms with E-state index in [1.54, 1.807) is 40.8 Å². The number of nitrogens with zero attached hydrogens (tertiary/aromatic N) is 5. The Bertz CT molecular complexity index is 1420. The summed E-state index contributed by atoms with van der Waals surface area (Å²) in [4.78, 5) is 51.5. The van der Waals surface area contributed by atoms with Crippen LogP contribution in [0.2, 0.25) is 0 Å². The fourth-order valence-electron chi connectivity index (χ4n) is 5.15. The molecule has 1 saturated heterocycles. The summed E-state index contributed by atoms with van der Waals surface area (Å²) in [6.07, 6.45) is 3.23. The number of anilines is 2. The van der Waals surface area contributed by atoms with Crippen LogP contribution in [0.4, 0.5) is 16.4 Å². The summed E-state index contributed by atoms with van der Waals surface area (Å²) < 4.78 is 12.7. The van der Waals surface area contributed by atoms with Gasteiger partial charge in [-0.3, -0.25) is 19.1 Å². The van der Waals surface area contributed by atoms with Crippen LogP contribution >= 0.6 is 0 Å². The Morgan fingerprint density at radius 2 is 2.03 bits per heavy atom. The summed E-state index contributed by atoms with van der Waals surface area (Å²) in [7, 11) is 0. The molecule has 1 aliphatic carbocycles. The van der Waals surface area contributed by atoms with E-state index in [2.05, 4.69) is 25.6 Å². The van der Waals surface area contributed by atoms with Crippen LogP contribution in [0, 0.1) is 6.92 Å². The molecular weight excluding hydrogens is 466 g/mol. The molecule has 2 fully saturated rings. The lowest BCUT2D eigenvalue weighted by Crippen LogP contribution is -2.46. The molecular formula is C24H25N7O5. The summed E-state index contributed by atoms with van der Waals surface area (Å²) in [5.74, 6) is 1.54. The number of aryl methyl sites for hydroxylation is 1. The number of pyridine rings is 2. The fraction of sp³-hybridized carbons (Fsp3) is 0.417. The first kappa shape index (κ1) is 22.4. The van der Waals surface area contributed by atoms with Gasteiger partial charge in [-0.2, -0.15) is 0 Å². The minimum absolute atomic E-state index is 0.0542. The molecule has 2 amide bonds. The van der Waals surface area contributed by atoms with Crippen LogP contribution in [0.1, 0.15) is 25.1 Å². The highest BCUT2D eigenvalue weighted by Gasteiger charge is 2.46. The second kappa shape index (κ2) is 8.86. The van der Waals surface area contributed by atoms with Crippen molar-refractivity contribution in [2.75, 3.05) is 23.4 Å². The lowest BCUT2D eigenvalue weighted by molar-refractivity contribution is -0.118. The predicted molar refractivity (Wildman–Crippen MR) is 129 cm³/mol. The van der Waals surface area contributed by atoms with Crippen molar-refractivity contribution in [1.82, 2.24) is 24.8 Å². The Kier molecular flexibility index (Phi) is 5.52. The van der Waals surface area contributed by atoms with Crippen LogP contribution in [0.15, 0.2) is 35.3 Å². The van der Waals surface area contributed by atoms with Gasteiger partial charge in [-0.15, -0.1) is 0 Å². The number of ether oxygens (including phenoxy) is 2. The molecule has 3 aliphatic rings. The third-order valence-electron chi connectivity index (χ3n) is 6.86. The van der Waals surface area contributed by atoms with Crippen molar-refractivity contribution in [1.29, 1.82) is 0 Å². The fourth-order valence-corrected chi connectivity index (χ4v) is 5.15. The lowest BCUT2D eigenvalue weighted by atomic mass is 9.88. The van der Waals surface area contributed by atoms with E-state index in [1.165, 1.54) is 6.07 Å². The van der Waals surface area contributed by atoms with Gasteiger partial charge in [-0.25, -0.2) is 19.7 Å². The van der Waals surface area contributed by atoms with Crippen LogP contribution in [0.3, 0.4) is 0 Å². The van der Waals surface area contributed by atoms with Gasteiger partial charge in [-0.05, 0) is 38.0 Å². The number of fused-ring (bicyclic) bond motifs is 3. The number of carbonyl (C=O) groups excluding carboxylic acids is 2. The highest BCUT2D eigenvalue weighted by atomic mass is 16.6. The Labute approximate surface area is 205 Å². The third-order valence-corrected chi connectivity index (χ3v) is 6.86. The normalized spacial score (nSPS) is 23.0. The summed E-state index contributed by atoms with van der Waals surface area (Å²) >= 11 is 0. The number of nitrogens with one attached hydrogen (secondary N) is 2. The quantitative estimate of drug-likeness (QED) is 0.541. The Hall–Kier alpha value is -4.06. The molecule has 1 saturated carbocycles. The van der Waals surface area contributed by atoms with Crippen LogP contribution in [-0.4, -0.2) is 62.9 Å². The Morgan fingerprint density at radius 3 is 2.92 bits per heavy atom. The van der Waals surface area contributed by atoms with Crippen molar-refractivity contribution in [3.05, 3.63) is 46.6 Å². The van der Waals surface area contributed by atoms with Gasteiger partial charge >= 0.3 is 6.09 Å². The minimum Gasteiger partial charge on any atom is -0.480 e. The summed E-state index contributed by atoms with van der Waals surface area (Å²) in [6, 6.07) is 6.68. The second-order valence-electron chi connectivity index (χ2n) is 9.20. The van der Waals surface area contributed by atoms with E-state index < -0.39 is 6.09 Å². The molecule has 6 rings (SSSR count). The third kappa shape index (κ3) is 4.02. The first-order chi connectivity index (χ1) is 17.5. The number of amides is 2. The Balaban J connectivity index is 1.11. The summed E-state index contributed by atoms with van der Waals surface area (Å²) in [5, 5.41) is 7.01. The molecule has 0 unspecified atom stereocenters. The van der Waals surface area contributed by atoms with Crippen molar-refractivity contribution in [3.8, 4) is 5.75 Å². The van der Waals surface area contributed by atoms with Gasteiger partial charge in [0.2, 0.25) is 0 Å². The predicted octanol–water partition coefficient (Wildman–Crippen LogP) is 1.36. The molecule has 12 heteroatoms. The molecule has 12 nitrogen and oxygen atoms in total. The smallest absolute Gasteiger partial charge is 0.416 e. The molecule has 0 aromatic carbocycles. The van der Waals surface area contributed by atoms with Crippen molar-refractivity contribution < 1.29 is 19.1 Å². The second-order valence-corrected chi connectivity index (χ2v) is 9.20. The average Bonchev–Trinajstić information content (AvgIpc) is 3.19. The van der Waals surface area contributed by atoms with Crippen LogP contribution < -0.4 is 25.8 Å². The highest BCUT2D eigenvalue weighted by molar-refractivity contribution is 5.95. The molecule has 0 spiro atoms. The molecule has 3 aromatic heterocycles. The maximum Gasteiger partial charge on any atom is 0.416 e. The van der Waals surface area contributed by atoms with Gasteiger partial charge in [0.25, 0.3) is 11.5 Å². The van der Waals surface area contributed by atoms with E-state index in [0.717, 1.165) is 18.2 Å². The maximum atomic E-state index is 12.7. The lowest BCUT2D eigenvalue weighted by Gasteiger charge is -2.33. The topological polar surface area (TPSA) is 141 Å². The van der Waals surface area contributed by atoms with E-state index in [0.29, 0.717) is 48.4 Å². The van der Waals surface area contributed by atoms with Gasteiger partial charge in [0.15, 0.2) is 18.2 Å². The number of aromatic nitrogens is 4. The number of rotatable bonds is 5. The zero-order valence-electron chi connectivity index (χ0n) is 19.6. The highest BCUT2D eigenvalue weighted by Crippen LogP contribution is 2.37. The number of hydrogen-bond acceptors (Lipinski definition) is 9. The standard InChI is InChI=1S/C24H25N7O5/c1-13-26-11-14-2-7-21(33)30(23(14)27-13)9-8-25-15-3-4-16-18(10-15)36-24(34)31(16)19-6-5-17-22(28-19)29-20(32)12-35-17/h2,5-7,11,15-16,18,25H,3-4,8-10,12H2,1H3,(H,28,29,32)/t15-,16-,18+/m0/s1. The molecule has 186 valence electrons. The monoisotopic (exact) mass is 491 g/mol. The molecule has 3 atom stereocenters.